The Morgan fingerprint density at radius 1 is 0.635 bits per heavy atom. The first-order chi connectivity index (χ1) is 24.9. The molecule has 6 atom stereocenters. The third kappa shape index (κ3) is 10.9. The molecule has 0 aliphatic rings. The first kappa shape index (κ1) is 40.5. The topological polar surface area (TPSA) is 128 Å². The third-order valence-electron chi connectivity index (χ3n) is 10.6. The monoisotopic (exact) mass is 709 g/mol. The van der Waals surface area contributed by atoms with Gasteiger partial charge in [-0.1, -0.05) is 139 Å². The van der Waals surface area contributed by atoms with E-state index < -0.39 is 30.1 Å². The molecule has 0 aromatic heterocycles. The van der Waals surface area contributed by atoms with Crippen LogP contribution in [0.3, 0.4) is 0 Å². The first-order valence-corrected chi connectivity index (χ1v) is 19.1. The second-order valence-electron chi connectivity index (χ2n) is 15.0. The van der Waals surface area contributed by atoms with Crippen LogP contribution < -0.4 is 16.0 Å². The average molecular weight is 710 g/mol. The van der Waals surface area contributed by atoms with E-state index in [-0.39, 0.29) is 48.5 Å². The fraction of sp³-hybridized carbons (Fsp3) is 0.477. The van der Waals surface area contributed by atoms with Crippen LogP contribution in [0.25, 0.3) is 21.5 Å². The smallest absolute Gasteiger partial charge is 0.243 e. The number of nitrogens with one attached hydrogen (secondary N) is 3. The molecule has 4 aromatic carbocycles. The van der Waals surface area contributed by atoms with E-state index in [4.69, 9.17) is 0 Å². The molecule has 4 aromatic rings. The zero-order valence-electron chi connectivity index (χ0n) is 31.8. The van der Waals surface area contributed by atoms with E-state index in [1.807, 2.05) is 77.9 Å². The molecule has 8 nitrogen and oxygen atoms in total. The Kier molecular flexibility index (Phi) is 15.2. The van der Waals surface area contributed by atoms with Gasteiger partial charge < -0.3 is 26.2 Å². The minimum Gasteiger partial charge on any atom is -0.394 e. The Morgan fingerprint density at radius 3 is 1.65 bits per heavy atom. The van der Waals surface area contributed by atoms with Crippen LogP contribution in [-0.4, -0.2) is 58.8 Å². The molecular weight excluding hydrogens is 651 g/mol. The van der Waals surface area contributed by atoms with Gasteiger partial charge >= 0.3 is 0 Å². The number of aliphatic hydroxyl groups excluding tert-OH is 2. The molecule has 0 aliphatic carbocycles. The predicted octanol–water partition coefficient (Wildman–Crippen LogP) is 6.73. The summed E-state index contributed by atoms with van der Waals surface area (Å²) in [5, 5.41) is 34.5. The van der Waals surface area contributed by atoms with Gasteiger partial charge in [0.15, 0.2) is 0 Å². The van der Waals surface area contributed by atoms with Gasteiger partial charge in [-0.3, -0.25) is 14.4 Å². The number of fused-ring (bicyclic) bond motifs is 2. The van der Waals surface area contributed by atoms with Crippen molar-refractivity contribution in [1.29, 1.82) is 0 Å². The van der Waals surface area contributed by atoms with Gasteiger partial charge in [0.1, 0.15) is 6.04 Å². The summed E-state index contributed by atoms with van der Waals surface area (Å²) in [7, 11) is 0. The van der Waals surface area contributed by atoms with Gasteiger partial charge in [-0.05, 0) is 69.7 Å². The van der Waals surface area contributed by atoms with Crippen molar-refractivity contribution in [3.8, 4) is 0 Å². The van der Waals surface area contributed by atoms with Crippen LogP contribution in [0.2, 0.25) is 0 Å². The molecule has 0 saturated heterocycles. The van der Waals surface area contributed by atoms with Gasteiger partial charge in [0.05, 0.1) is 31.2 Å². The molecule has 0 aliphatic heterocycles. The fourth-order valence-electron chi connectivity index (χ4n) is 7.05. The van der Waals surface area contributed by atoms with E-state index in [0.29, 0.717) is 25.7 Å². The Morgan fingerprint density at radius 2 is 1.15 bits per heavy atom. The normalized spacial score (nSPS) is 15.2. The molecule has 0 radical (unpaired) electrons. The molecule has 0 saturated carbocycles. The van der Waals surface area contributed by atoms with Crippen molar-refractivity contribution in [2.24, 2.45) is 23.7 Å². The minimum absolute atomic E-state index is 0.0715. The quantitative estimate of drug-likeness (QED) is 0.0738. The zero-order valence-corrected chi connectivity index (χ0v) is 31.8. The van der Waals surface area contributed by atoms with Crippen LogP contribution in [0.15, 0.2) is 84.9 Å². The SMILES string of the molecule is CC[C@H](C)[C@H](NC(=O)C(Cc1cccc2ccccc12)Cc1cccc2ccccc12)C(=O)N[C@@H](CC(C)C)[C@@H](O)CC(=O)N[C@H](CO)[C@@H](C)CC. The molecule has 0 fully saturated rings. The molecule has 0 heterocycles. The maximum absolute atomic E-state index is 14.5. The Balaban J connectivity index is 1.59. The van der Waals surface area contributed by atoms with Gasteiger partial charge in [-0.2, -0.15) is 0 Å². The van der Waals surface area contributed by atoms with Crippen LogP contribution in [0.5, 0.6) is 0 Å². The second kappa shape index (κ2) is 19.5. The van der Waals surface area contributed by atoms with Crippen molar-refractivity contribution in [1.82, 2.24) is 16.0 Å². The van der Waals surface area contributed by atoms with Crippen LogP contribution >= 0.6 is 0 Å². The van der Waals surface area contributed by atoms with Gasteiger partial charge in [-0.25, -0.2) is 0 Å². The second-order valence-corrected chi connectivity index (χ2v) is 15.0. The molecule has 3 amide bonds. The zero-order chi connectivity index (χ0) is 37.8. The first-order valence-electron chi connectivity index (χ1n) is 19.1. The fourth-order valence-corrected chi connectivity index (χ4v) is 7.05. The van der Waals surface area contributed by atoms with Gasteiger partial charge in [-0.15, -0.1) is 0 Å². The van der Waals surface area contributed by atoms with Crippen molar-refractivity contribution >= 4 is 39.3 Å². The highest BCUT2D eigenvalue weighted by Gasteiger charge is 2.33. The lowest BCUT2D eigenvalue weighted by atomic mass is 9.87. The van der Waals surface area contributed by atoms with Crippen LogP contribution in [0, 0.1) is 23.7 Å². The molecule has 52 heavy (non-hydrogen) atoms. The highest BCUT2D eigenvalue weighted by Crippen LogP contribution is 2.27. The summed E-state index contributed by atoms with van der Waals surface area (Å²) in [5.41, 5.74) is 2.14. The van der Waals surface area contributed by atoms with Crippen LogP contribution in [0.1, 0.15) is 78.4 Å². The Bertz CT molecular complexity index is 1680. The molecule has 0 spiro atoms. The maximum atomic E-state index is 14.5. The molecule has 0 unspecified atom stereocenters. The maximum Gasteiger partial charge on any atom is 0.243 e. The number of carbonyl (C=O) groups excluding carboxylic acids is 3. The van der Waals surface area contributed by atoms with Crippen molar-refractivity contribution < 1.29 is 24.6 Å². The van der Waals surface area contributed by atoms with Gasteiger partial charge in [0.25, 0.3) is 0 Å². The summed E-state index contributed by atoms with van der Waals surface area (Å²) >= 11 is 0. The molecule has 5 N–H and O–H groups in total. The number of rotatable bonds is 19. The van der Waals surface area contributed by atoms with Crippen molar-refractivity contribution in [3.05, 3.63) is 96.1 Å². The van der Waals surface area contributed by atoms with Gasteiger partial charge in [0.2, 0.25) is 17.7 Å². The number of carbonyl (C=O) groups is 3. The lowest BCUT2D eigenvalue weighted by Crippen LogP contribution is -2.56. The van der Waals surface area contributed by atoms with Crippen LogP contribution in [-0.2, 0) is 27.2 Å². The summed E-state index contributed by atoms with van der Waals surface area (Å²) in [6, 6.07) is 26.7. The Hall–Kier alpha value is -4.27. The lowest BCUT2D eigenvalue weighted by molar-refractivity contribution is -0.133. The van der Waals surface area contributed by atoms with Crippen molar-refractivity contribution in [2.75, 3.05) is 6.61 Å². The molecular formula is C44H59N3O5. The van der Waals surface area contributed by atoms with Crippen molar-refractivity contribution in [2.45, 2.75) is 104 Å². The lowest BCUT2D eigenvalue weighted by Gasteiger charge is -2.31. The molecule has 280 valence electrons. The van der Waals surface area contributed by atoms with E-state index in [9.17, 15) is 24.6 Å². The average Bonchev–Trinajstić information content (AvgIpc) is 3.14. The predicted molar refractivity (Wildman–Crippen MR) is 211 cm³/mol. The minimum atomic E-state index is -1.15. The van der Waals surface area contributed by atoms with E-state index in [1.54, 1.807) is 0 Å². The van der Waals surface area contributed by atoms with E-state index >= 15 is 0 Å². The number of aliphatic hydroxyl groups is 2. The number of benzene rings is 4. The van der Waals surface area contributed by atoms with Crippen LogP contribution in [0.4, 0.5) is 0 Å². The van der Waals surface area contributed by atoms with E-state index in [2.05, 4.69) is 64.5 Å². The summed E-state index contributed by atoms with van der Waals surface area (Å²) < 4.78 is 0. The summed E-state index contributed by atoms with van der Waals surface area (Å²) in [6.45, 7) is 11.7. The largest absolute Gasteiger partial charge is 0.394 e. The summed E-state index contributed by atoms with van der Waals surface area (Å²) in [5.74, 6) is -1.44. The summed E-state index contributed by atoms with van der Waals surface area (Å²) in [6.07, 6.45) is 1.48. The van der Waals surface area contributed by atoms with E-state index in [1.165, 1.54) is 0 Å². The third-order valence-corrected chi connectivity index (χ3v) is 10.6. The Labute approximate surface area is 309 Å². The molecule has 8 heteroatoms. The highest BCUT2D eigenvalue weighted by molar-refractivity contribution is 5.91. The highest BCUT2D eigenvalue weighted by atomic mass is 16.3. The number of hydrogen-bond acceptors (Lipinski definition) is 5. The standard InChI is InChI=1S/C44H59N3O5/c1-7-29(5)39(27-48)45-41(50)26-40(49)38(23-28(3)4)46-44(52)42(30(6)8-2)47-43(51)35(24-33-19-13-17-31-15-9-11-21-36(31)33)25-34-20-14-18-32-16-10-12-22-37(32)34/h9-22,28-30,35,38-40,42,48-49H,7-8,23-27H2,1-6H3,(H,45,50)(H,46,52)(H,47,51)/t29-,30-,38-,39+,40-,42-/m0/s1. The molecule has 4 rings (SSSR count). The number of amides is 3. The molecule has 0 bridgehead atoms. The summed E-state index contributed by atoms with van der Waals surface area (Å²) in [4.78, 5) is 41.6. The van der Waals surface area contributed by atoms with Gasteiger partial charge in [0, 0.05) is 5.92 Å². The number of hydrogen-bond donors (Lipinski definition) is 5. The van der Waals surface area contributed by atoms with Crippen molar-refractivity contribution in [3.63, 3.8) is 0 Å². The van der Waals surface area contributed by atoms with E-state index in [0.717, 1.165) is 39.1 Å².